The average Bonchev–Trinajstić information content (AvgIpc) is 2.27. The Morgan fingerprint density at radius 2 is 2.12 bits per heavy atom. The summed E-state index contributed by atoms with van der Waals surface area (Å²) in [5, 5.41) is 2.08. The molecule has 0 aromatic carbocycles. The van der Waals surface area contributed by atoms with Crippen molar-refractivity contribution < 1.29 is 9.59 Å². The van der Waals surface area contributed by atoms with Crippen molar-refractivity contribution >= 4 is 11.9 Å². The van der Waals surface area contributed by atoms with Gasteiger partial charge in [0.2, 0.25) is 5.91 Å². The Hall–Kier alpha value is -1.14. The zero-order valence-electron chi connectivity index (χ0n) is 10.2. The summed E-state index contributed by atoms with van der Waals surface area (Å²) in [6, 6.07) is -0.303. The Labute approximate surface area is 102 Å². The normalized spacial score (nSPS) is 21.1. The number of amides is 3. The van der Waals surface area contributed by atoms with Crippen molar-refractivity contribution in [2.24, 2.45) is 11.5 Å². The van der Waals surface area contributed by atoms with Crippen LogP contribution in [-0.4, -0.2) is 42.5 Å². The number of carbonyl (C=O) groups is 2. The first kappa shape index (κ1) is 13.9. The van der Waals surface area contributed by atoms with Crippen molar-refractivity contribution in [2.45, 2.75) is 38.1 Å². The maximum Gasteiger partial charge on any atom is 0.318 e. The van der Waals surface area contributed by atoms with E-state index in [0.29, 0.717) is 25.6 Å². The molecule has 1 atom stereocenters. The minimum absolute atomic E-state index is 0.310. The number of nitrogens with two attached hydrogens (primary N) is 2. The Kier molecular flexibility index (Phi) is 5.93. The molecule has 1 aliphatic heterocycles. The second-order valence-electron chi connectivity index (χ2n) is 4.43. The molecule has 1 heterocycles. The molecule has 1 unspecified atom stereocenters. The second-order valence-corrected chi connectivity index (χ2v) is 4.43. The predicted molar refractivity (Wildman–Crippen MR) is 65.2 cm³/mol. The van der Waals surface area contributed by atoms with Crippen LogP contribution in [0.25, 0.3) is 0 Å². The van der Waals surface area contributed by atoms with Crippen LogP contribution < -0.4 is 16.8 Å². The minimum atomic E-state index is -0.785. The summed E-state index contributed by atoms with van der Waals surface area (Å²) in [6.45, 7) is 2.35. The van der Waals surface area contributed by atoms with Crippen LogP contribution in [-0.2, 0) is 4.79 Å². The molecule has 5 N–H and O–H groups in total. The average molecular weight is 242 g/mol. The number of imide groups is 1. The fraction of sp³-hybridized carbons (Fsp3) is 0.818. The summed E-state index contributed by atoms with van der Waals surface area (Å²) < 4.78 is 0. The van der Waals surface area contributed by atoms with Crippen LogP contribution in [0.4, 0.5) is 4.79 Å². The van der Waals surface area contributed by atoms with Crippen molar-refractivity contribution in [3.05, 3.63) is 0 Å². The molecule has 17 heavy (non-hydrogen) atoms. The van der Waals surface area contributed by atoms with Crippen molar-refractivity contribution in [2.75, 3.05) is 19.6 Å². The first-order valence-corrected chi connectivity index (χ1v) is 6.17. The van der Waals surface area contributed by atoms with Gasteiger partial charge in [0, 0.05) is 19.0 Å². The standard InChI is InChI=1S/C11H22N4O2/c12-6-4-9-3-1-2-7-15(9)8-5-10(16)14-11(13)17/h9H,1-8,12H2,(H3,13,14,16,17). The molecular weight excluding hydrogens is 220 g/mol. The van der Waals surface area contributed by atoms with E-state index in [0.717, 1.165) is 19.4 Å². The van der Waals surface area contributed by atoms with Gasteiger partial charge in [-0.05, 0) is 32.4 Å². The minimum Gasteiger partial charge on any atom is -0.351 e. The Morgan fingerprint density at radius 3 is 2.76 bits per heavy atom. The molecule has 3 amide bonds. The number of primary amides is 1. The van der Waals surface area contributed by atoms with Crippen LogP contribution in [0.3, 0.4) is 0 Å². The van der Waals surface area contributed by atoms with Gasteiger partial charge in [0.25, 0.3) is 0 Å². The smallest absolute Gasteiger partial charge is 0.318 e. The van der Waals surface area contributed by atoms with Gasteiger partial charge in [0.15, 0.2) is 0 Å². The highest BCUT2D eigenvalue weighted by Gasteiger charge is 2.21. The van der Waals surface area contributed by atoms with Gasteiger partial charge in [-0.2, -0.15) is 0 Å². The third-order valence-corrected chi connectivity index (χ3v) is 3.14. The molecule has 98 valence electrons. The SMILES string of the molecule is NCCC1CCCCN1CCC(=O)NC(N)=O. The molecule has 1 saturated heterocycles. The molecule has 0 radical (unpaired) electrons. The molecule has 6 nitrogen and oxygen atoms in total. The number of nitrogens with zero attached hydrogens (tertiary/aromatic N) is 1. The van der Waals surface area contributed by atoms with E-state index in [1.165, 1.54) is 12.8 Å². The van der Waals surface area contributed by atoms with Crippen LogP contribution in [0.2, 0.25) is 0 Å². The first-order valence-electron chi connectivity index (χ1n) is 6.17. The van der Waals surface area contributed by atoms with Gasteiger partial charge in [0.05, 0.1) is 0 Å². The van der Waals surface area contributed by atoms with Crippen LogP contribution >= 0.6 is 0 Å². The molecule has 0 saturated carbocycles. The third-order valence-electron chi connectivity index (χ3n) is 3.14. The van der Waals surface area contributed by atoms with Gasteiger partial charge in [-0.1, -0.05) is 6.42 Å². The molecular formula is C11H22N4O2. The molecule has 1 fully saturated rings. The summed E-state index contributed by atoms with van der Waals surface area (Å²) >= 11 is 0. The van der Waals surface area contributed by atoms with Gasteiger partial charge in [0.1, 0.15) is 0 Å². The highest BCUT2D eigenvalue weighted by molar-refractivity contribution is 5.93. The van der Waals surface area contributed by atoms with Gasteiger partial charge < -0.3 is 11.5 Å². The molecule has 1 rings (SSSR count). The van der Waals surface area contributed by atoms with Crippen LogP contribution in [0.1, 0.15) is 32.1 Å². The fourth-order valence-corrected chi connectivity index (χ4v) is 2.32. The lowest BCUT2D eigenvalue weighted by Crippen LogP contribution is -2.43. The van der Waals surface area contributed by atoms with Gasteiger partial charge in [-0.3, -0.25) is 15.0 Å². The van der Waals surface area contributed by atoms with Crippen molar-refractivity contribution in [1.82, 2.24) is 10.2 Å². The van der Waals surface area contributed by atoms with Gasteiger partial charge in [-0.15, -0.1) is 0 Å². The molecule has 0 aromatic heterocycles. The summed E-state index contributed by atoms with van der Waals surface area (Å²) in [5.41, 5.74) is 10.5. The van der Waals surface area contributed by atoms with Crippen molar-refractivity contribution in [3.63, 3.8) is 0 Å². The number of nitrogens with one attached hydrogen (secondary N) is 1. The van der Waals surface area contributed by atoms with E-state index in [2.05, 4.69) is 10.2 Å². The van der Waals surface area contributed by atoms with E-state index in [9.17, 15) is 9.59 Å². The lowest BCUT2D eigenvalue weighted by molar-refractivity contribution is -0.120. The number of likely N-dealkylation sites (tertiary alicyclic amines) is 1. The molecule has 0 bridgehead atoms. The van der Waals surface area contributed by atoms with Crippen LogP contribution in [0, 0.1) is 0 Å². The first-order chi connectivity index (χ1) is 8.13. The number of carbonyl (C=O) groups excluding carboxylic acids is 2. The van der Waals surface area contributed by atoms with Gasteiger partial charge >= 0.3 is 6.03 Å². The number of urea groups is 1. The van der Waals surface area contributed by atoms with Crippen molar-refractivity contribution in [3.8, 4) is 0 Å². The van der Waals surface area contributed by atoms with E-state index < -0.39 is 6.03 Å². The maximum absolute atomic E-state index is 11.3. The summed E-state index contributed by atoms with van der Waals surface area (Å²) in [5.74, 6) is -0.311. The van der Waals surface area contributed by atoms with E-state index >= 15 is 0 Å². The molecule has 0 aromatic rings. The number of piperidine rings is 1. The number of rotatable bonds is 5. The second kappa shape index (κ2) is 7.24. The van der Waals surface area contributed by atoms with Crippen LogP contribution in [0.5, 0.6) is 0 Å². The fourth-order valence-electron chi connectivity index (χ4n) is 2.32. The summed E-state index contributed by atoms with van der Waals surface area (Å²) in [4.78, 5) is 24.1. The van der Waals surface area contributed by atoms with Crippen molar-refractivity contribution in [1.29, 1.82) is 0 Å². The zero-order valence-corrected chi connectivity index (χ0v) is 10.2. The summed E-state index contributed by atoms with van der Waals surface area (Å²) in [6.07, 6.45) is 4.82. The highest BCUT2D eigenvalue weighted by atomic mass is 16.2. The maximum atomic E-state index is 11.3. The topological polar surface area (TPSA) is 101 Å². The number of hydrogen-bond acceptors (Lipinski definition) is 4. The van der Waals surface area contributed by atoms with Gasteiger partial charge in [-0.25, -0.2) is 4.79 Å². The Morgan fingerprint density at radius 1 is 1.35 bits per heavy atom. The molecule has 0 aliphatic carbocycles. The number of hydrogen-bond donors (Lipinski definition) is 3. The Bertz CT molecular complexity index is 268. The lowest BCUT2D eigenvalue weighted by atomic mass is 9.99. The third kappa shape index (κ3) is 5.14. The van der Waals surface area contributed by atoms with E-state index in [4.69, 9.17) is 11.5 Å². The van der Waals surface area contributed by atoms with Crippen LogP contribution in [0.15, 0.2) is 0 Å². The van der Waals surface area contributed by atoms with E-state index in [1.54, 1.807) is 0 Å². The molecule has 0 spiro atoms. The molecule has 1 aliphatic rings. The molecule has 6 heteroatoms. The van der Waals surface area contributed by atoms with E-state index in [-0.39, 0.29) is 5.91 Å². The largest absolute Gasteiger partial charge is 0.351 e. The zero-order chi connectivity index (χ0) is 12.7. The predicted octanol–water partition coefficient (Wildman–Crippen LogP) is -0.225. The highest BCUT2D eigenvalue weighted by Crippen LogP contribution is 2.19. The summed E-state index contributed by atoms with van der Waals surface area (Å²) in [7, 11) is 0. The Balaban J connectivity index is 2.32. The van der Waals surface area contributed by atoms with E-state index in [1.807, 2.05) is 0 Å². The monoisotopic (exact) mass is 242 g/mol. The quantitative estimate of drug-likeness (QED) is 0.620. The lowest BCUT2D eigenvalue weighted by Gasteiger charge is -2.35.